The molecule has 1 aromatic heterocycles. The molecule has 1 aliphatic rings. The number of rotatable bonds is 8. The smallest absolute Gasteiger partial charge is 0.272 e. The highest BCUT2D eigenvalue weighted by Gasteiger charge is 2.35. The van der Waals surface area contributed by atoms with Crippen molar-refractivity contribution in [3.63, 3.8) is 0 Å². The number of carbonyl (C=O) groups is 2. The lowest BCUT2D eigenvalue weighted by Crippen LogP contribution is -2.42. The van der Waals surface area contributed by atoms with Crippen LogP contribution in [0.15, 0.2) is 63.8 Å². The molecular formula is C24H24N2O4. The van der Waals surface area contributed by atoms with Gasteiger partial charge in [0.25, 0.3) is 11.8 Å². The van der Waals surface area contributed by atoms with E-state index in [-0.39, 0.29) is 12.1 Å². The van der Waals surface area contributed by atoms with Crippen molar-refractivity contribution in [2.24, 2.45) is 0 Å². The van der Waals surface area contributed by atoms with Crippen LogP contribution in [0.4, 0.5) is 0 Å². The number of nitriles is 1. The van der Waals surface area contributed by atoms with E-state index < -0.39 is 11.8 Å². The standard InChI is InChI=1S/C24H24N2O4/c1-3-4-5-12-29-19-10-8-18(9-11-19)14-21-17(2)22(15-25)24(28)26(23(21)27)16-20-7-6-13-30-20/h6-11,13-14H,3-5,12,16H2,1-2H3/b21-14+. The highest BCUT2D eigenvalue weighted by molar-refractivity contribution is 6.19. The Morgan fingerprint density at radius 2 is 1.90 bits per heavy atom. The summed E-state index contributed by atoms with van der Waals surface area (Å²) in [7, 11) is 0. The van der Waals surface area contributed by atoms with Crippen LogP contribution < -0.4 is 4.74 Å². The first-order valence-corrected chi connectivity index (χ1v) is 9.99. The molecule has 0 bridgehead atoms. The molecule has 2 aromatic rings. The number of amides is 2. The van der Waals surface area contributed by atoms with Gasteiger partial charge in [-0.1, -0.05) is 31.9 Å². The first kappa shape index (κ1) is 21.1. The lowest BCUT2D eigenvalue weighted by molar-refractivity contribution is -0.141. The van der Waals surface area contributed by atoms with E-state index in [1.807, 2.05) is 30.3 Å². The van der Waals surface area contributed by atoms with Gasteiger partial charge in [-0.05, 0) is 54.8 Å². The van der Waals surface area contributed by atoms with Crippen LogP contribution >= 0.6 is 0 Å². The zero-order chi connectivity index (χ0) is 21.5. The number of unbranched alkanes of at least 4 members (excludes halogenated alkanes) is 2. The van der Waals surface area contributed by atoms with Gasteiger partial charge in [0.2, 0.25) is 0 Å². The van der Waals surface area contributed by atoms with Crippen molar-refractivity contribution >= 4 is 17.9 Å². The van der Waals surface area contributed by atoms with Crippen LogP contribution in [0.2, 0.25) is 0 Å². The number of imide groups is 1. The number of hydrogen-bond donors (Lipinski definition) is 0. The van der Waals surface area contributed by atoms with Crippen LogP contribution in [0.3, 0.4) is 0 Å². The van der Waals surface area contributed by atoms with Crippen molar-refractivity contribution in [2.75, 3.05) is 6.61 Å². The number of benzene rings is 1. The second kappa shape index (κ2) is 9.75. The van der Waals surface area contributed by atoms with E-state index in [4.69, 9.17) is 9.15 Å². The molecule has 1 aliphatic heterocycles. The minimum Gasteiger partial charge on any atom is -0.494 e. The van der Waals surface area contributed by atoms with Crippen LogP contribution in [-0.2, 0) is 16.1 Å². The van der Waals surface area contributed by atoms with Gasteiger partial charge in [0, 0.05) is 5.57 Å². The fourth-order valence-electron chi connectivity index (χ4n) is 3.20. The van der Waals surface area contributed by atoms with Crippen molar-refractivity contribution in [2.45, 2.75) is 39.7 Å². The third-order valence-electron chi connectivity index (χ3n) is 4.93. The lowest BCUT2D eigenvalue weighted by atomic mass is 9.93. The second-order valence-electron chi connectivity index (χ2n) is 7.07. The molecule has 154 valence electrons. The van der Waals surface area contributed by atoms with Gasteiger partial charge in [-0.25, -0.2) is 0 Å². The molecule has 6 heteroatoms. The largest absolute Gasteiger partial charge is 0.494 e. The predicted octanol–water partition coefficient (Wildman–Crippen LogP) is 4.64. The molecule has 1 aromatic carbocycles. The third-order valence-corrected chi connectivity index (χ3v) is 4.93. The summed E-state index contributed by atoms with van der Waals surface area (Å²) >= 11 is 0. The van der Waals surface area contributed by atoms with Crippen molar-refractivity contribution < 1.29 is 18.7 Å². The van der Waals surface area contributed by atoms with Crippen LogP contribution in [0.25, 0.3) is 6.08 Å². The normalized spacial score (nSPS) is 15.6. The molecular weight excluding hydrogens is 380 g/mol. The van der Waals surface area contributed by atoms with Gasteiger partial charge in [0.15, 0.2) is 0 Å². The average Bonchev–Trinajstić information content (AvgIpc) is 3.26. The second-order valence-corrected chi connectivity index (χ2v) is 7.07. The highest BCUT2D eigenvalue weighted by atomic mass is 16.5. The molecule has 2 amide bonds. The Morgan fingerprint density at radius 3 is 2.53 bits per heavy atom. The zero-order valence-corrected chi connectivity index (χ0v) is 17.2. The van der Waals surface area contributed by atoms with E-state index in [1.165, 1.54) is 6.26 Å². The van der Waals surface area contributed by atoms with Gasteiger partial charge in [-0.3, -0.25) is 14.5 Å². The fraction of sp³-hybridized carbons (Fsp3) is 0.292. The van der Waals surface area contributed by atoms with Crippen LogP contribution in [0.5, 0.6) is 5.75 Å². The van der Waals surface area contributed by atoms with E-state index in [0.29, 0.717) is 23.5 Å². The van der Waals surface area contributed by atoms with Crippen molar-refractivity contribution in [3.8, 4) is 11.8 Å². The van der Waals surface area contributed by atoms with Crippen LogP contribution in [0.1, 0.15) is 44.4 Å². The van der Waals surface area contributed by atoms with Gasteiger partial charge in [0.1, 0.15) is 23.2 Å². The van der Waals surface area contributed by atoms with E-state index in [1.54, 1.807) is 25.1 Å². The number of ether oxygens (including phenoxy) is 1. The summed E-state index contributed by atoms with van der Waals surface area (Å²) in [5, 5.41) is 9.47. The molecule has 0 spiro atoms. The summed E-state index contributed by atoms with van der Waals surface area (Å²) in [6.07, 6.45) is 6.45. The Morgan fingerprint density at radius 1 is 1.13 bits per heavy atom. The number of hydrogen-bond acceptors (Lipinski definition) is 5. The van der Waals surface area contributed by atoms with Gasteiger partial charge >= 0.3 is 0 Å². The quantitative estimate of drug-likeness (QED) is 0.364. The summed E-state index contributed by atoms with van der Waals surface area (Å²) in [4.78, 5) is 26.7. The minimum absolute atomic E-state index is 0.0228. The summed E-state index contributed by atoms with van der Waals surface area (Å²) in [6.45, 7) is 4.41. The van der Waals surface area contributed by atoms with Gasteiger partial charge in [0.05, 0.1) is 19.4 Å². The summed E-state index contributed by atoms with van der Waals surface area (Å²) in [5.41, 5.74) is 1.43. The molecule has 0 atom stereocenters. The molecule has 0 saturated heterocycles. The molecule has 0 N–H and O–H groups in total. The van der Waals surface area contributed by atoms with Gasteiger partial charge in [-0.2, -0.15) is 5.26 Å². The lowest BCUT2D eigenvalue weighted by Gasteiger charge is -2.26. The van der Waals surface area contributed by atoms with Gasteiger partial charge in [-0.15, -0.1) is 0 Å². The maximum atomic E-state index is 13.0. The van der Waals surface area contributed by atoms with Crippen LogP contribution in [0, 0.1) is 11.3 Å². The molecule has 30 heavy (non-hydrogen) atoms. The molecule has 0 saturated carbocycles. The van der Waals surface area contributed by atoms with E-state index in [9.17, 15) is 14.9 Å². The monoisotopic (exact) mass is 404 g/mol. The van der Waals surface area contributed by atoms with Crippen molar-refractivity contribution in [3.05, 3.63) is 70.7 Å². The summed E-state index contributed by atoms with van der Waals surface area (Å²) < 4.78 is 11.0. The molecule has 0 fully saturated rings. The maximum absolute atomic E-state index is 13.0. The number of nitrogens with zero attached hydrogens (tertiary/aromatic N) is 2. The molecule has 0 radical (unpaired) electrons. The maximum Gasteiger partial charge on any atom is 0.272 e. The van der Waals surface area contributed by atoms with E-state index in [0.717, 1.165) is 35.5 Å². The Balaban J connectivity index is 1.84. The Labute approximate surface area is 176 Å². The van der Waals surface area contributed by atoms with E-state index >= 15 is 0 Å². The first-order chi connectivity index (χ1) is 14.5. The van der Waals surface area contributed by atoms with Crippen LogP contribution in [-0.4, -0.2) is 23.3 Å². The third kappa shape index (κ3) is 4.69. The molecule has 2 heterocycles. The SMILES string of the molecule is CCCCCOc1ccc(/C=C2/C(=O)N(Cc3ccco3)C(=O)C(C#N)=C2C)cc1. The minimum atomic E-state index is -0.607. The molecule has 3 rings (SSSR count). The summed E-state index contributed by atoms with van der Waals surface area (Å²) in [6, 6.07) is 12.7. The summed E-state index contributed by atoms with van der Waals surface area (Å²) in [5.74, 6) is 0.178. The Kier molecular flexibility index (Phi) is 6.87. The number of furan rings is 1. The van der Waals surface area contributed by atoms with Gasteiger partial charge < -0.3 is 9.15 Å². The Bertz CT molecular complexity index is 1010. The van der Waals surface area contributed by atoms with Crippen molar-refractivity contribution in [1.82, 2.24) is 4.90 Å². The fourth-order valence-corrected chi connectivity index (χ4v) is 3.20. The Hall–Kier alpha value is -3.59. The number of carbonyl (C=O) groups excluding carboxylic acids is 2. The predicted molar refractivity (Wildman–Crippen MR) is 112 cm³/mol. The van der Waals surface area contributed by atoms with Crippen molar-refractivity contribution in [1.29, 1.82) is 5.26 Å². The highest BCUT2D eigenvalue weighted by Crippen LogP contribution is 2.28. The zero-order valence-electron chi connectivity index (χ0n) is 17.2. The molecule has 0 aliphatic carbocycles. The molecule has 6 nitrogen and oxygen atoms in total. The molecule has 0 unspecified atom stereocenters. The first-order valence-electron chi connectivity index (χ1n) is 9.99. The average molecular weight is 404 g/mol. The topological polar surface area (TPSA) is 83.5 Å². The van der Waals surface area contributed by atoms with E-state index in [2.05, 4.69) is 6.92 Å².